The van der Waals surface area contributed by atoms with Crippen LogP contribution in [0.5, 0.6) is 5.75 Å². The molecular formula is C27H32N4O2. The maximum absolute atomic E-state index is 12.8. The van der Waals surface area contributed by atoms with Gasteiger partial charge >= 0.3 is 0 Å². The van der Waals surface area contributed by atoms with Gasteiger partial charge in [0.2, 0.25) is 5.91 Å². The van der Waals surface area contributed by atoms with Gasteiger partial charge in [0, 0.05) is 25.2 Å². The molecule has 0 saturated carbocycles. The number of hydrogen-bond donors (Lipinski definition) is 1. The SMILES string of the molecule is CCCOc1ccc(CNC(=O)C2CCCN(c3ccc(-c4cccc(C)c4)nn3)C2)cc1. The molecule has 3 aromatic rings. The first-order valence-electron chi connectivity index (χ1n) is 11.8. The van der Waals surface area contributed by atoms with Gasteiger partial charge in [0.25, 0.3) is 0 Å². The zero-order chi connectivity index (χ0) is 23.0. The highest BCUT2D eigenvalue weighted by atomic mass is 16.5. The lowest BCUT2D eigenvalue weighted by molar-refractivity contribution is -0.125. The Morgan fingerprint density at radius 3 is 2.70 bits per heavy atom. The van der Waals surface area contributed by atoms with Crippen LogP contribution >= 0.6 is 0 Å². The average molecular weight is 445 g/mol. The molecule has 2 heterocycles. The highest BCUT2D eigenvalue weighted by Crippen LogP contribution is 2.24. The summed E-state index contributed by atoms with van der Waals surface area (Å²) < 4.78 is 5.62. The molecule has 6 nitrogen and oxygen atoms in total. The number of aryl methyl sites for hydroxylation is 1. The number of carbonyl (C=O) groups is 1. The second-order valence-corrected chi connectivity index (χ2v) is 8.64. The molecule has 1 saturated heterocycles. The maximum atomic E-state index is 12.8. The van der Waals surface area contributed by atoms with Crippen LogP contribution in [0, 0.1) is 12.8 Å². The second-order valence-electron chi connectivity index (χ2n) is 8.64. The standard InChI is InChI=1S/C27H32N4O2/c1-3-16-33-24-11-9-21(10-12-24)18-28-27(32)23-8-5-15-31(19-23)26-14-13-25(29-30-26)22-7-4-6-20(2)17-22/h4,6-7,9-14,17,23H,3,5,8,15-16,18-19H2,1-2H3,(H,28,32). The number of ether oxygens (including phenoxy) is 1. The van der Waals surface area contributed by atoms with Gasteiger partial charge in [-0.2, -0.15) is 0 Å². The van der Waals surface area contributed by atoms with Gasteiger partial charge in [-0.05, 0) is 62.1 Å². The summed E-state index contributed by atoms with van der Waals surface area (Å²) in [6, 6.07) is 20.2. The van der Waals surface area contributed by atoms with Gasteiger partial charge in [0.1, 0.15) is 5.75 Å². The Balaban J connectivity index is 1.32. The van der Waals surface area contributed by atoms with Crippen LogP contribution in [-0.4, -0.2) is 35.8 Å². The quantitative estimate of drug-likeness (QED) is 0.542. The summed E-state index contributed by atoms with van der Waals surface area (Å²) in [4.78, 5) is 15.0. The first kappa shape index (κ1) is 22.8. The summed E-state index contributed by atoms with van der Waals surface area (Å²) in [7, 11) is 0. The van der Waals surface area contributed by atoms with Crippen LogP contribution in [0.4, 0.5) is 5.82 Å². The van der Waals surface area contributed by atoms with E-state index in [1.807, 2.05) is 48.5 Å². The molecule has 1 aliphatic rings. The molecule has 0 spiro atoms. The van der Waals surface area contributed by atoms with Crippen LogP contribution in [0.25, 0.3) is 11.3 Å². The number of anilines is 1. The largest absolute Gasteiger partial charge is 0.494 e. The Morgan fingerprint density at radius 2 is 1.97 bits per heavy atom. The van der Waals surface area contributed by atoms with Gasteiger partial charge in [-0.25, -0.2) is 0 Å². The molecule has 1 unspecified atom stereocenters. The van der Waals surface area contributed by atoms with E-state index in [1.165, 1.54) is 5.56 Å². The number of rotatable bonds is 8. The van der Waals surface area contributed by atoms with Crippen molar-refractivity contribution in [1.82, 2.24) is 15.5 Å². The second kappa shape index (κ2) is 10.9. The third kappa shape index (κ3) is 6.09. The fraction of sp³-hybridized carbons (Fsp3) is 0.370. The third-order valence-corrected chi connectivity index (χ3v) is 5.94. The normalized spacial score (nSPS) is 15.8. The Labute approximate surface area is 196 Å². The number of nitrogens with zero attached hydrogens (tertiary/aromatic N) is 3. The molecule has 0 aliphatic carbocycles. The summed E-state index contributed by atoms with van der Waals surface area (Å²) in [6.45, 7) is 6.95. The van der Waals surface area contributed by atoms with Crippen molar-refractivity contribution in [1.29, 1.82) is 0 Å². The summed E-state index contributed by atoms with van der Waals surface area (Å²) >= 11 is 0. The monoisotopic (exact) mass is 444 g/mol. The number of carbonyl (C=O) groups excluding carboxylic acids is 1. The van der Waals surface area contributed by atoms with Gasteiger partial charge in [-0.3, -0.25) is 4.79 Å². The molecule has 1 N–H and O–H groups in total. The molecule has 0 bridgehead atoms. The summed E-state index contributed by atoms with van der Waals surface area (Å²) in [5, 5.41) is 12.0. The molecule has 1 atom stereocenters. The zero-order valence-electron chi connectivity index (χ0n) is 19.5. The lowest BCUT2D eigenvalue weighted by atomic mass is 9.97. The molecule has 6 heteroatoms. The van der Waals surface area contributed by atoms with Crippen molar-refractivity contribution in [2.75, 3.05) is 24.6 Å². The van der Waals surface area contributed by atoms with Crippen molar-refractivity contribution in [3.05, 3.63) is 71.8 Å². The van der Waals surface area contributed by atoms with Crippen molar-refractivity contribution in [3.8, 4) is 17.0 Å². The van der Waals surface area contributed by atoms with E-state index in [0.29, 0.717) is 19.7 Å². The van der Waals surface area contributed by atoms with Crippen molar-refractivity contribution in [2.24, 2.45) is 5.92 Å². The minimum Gasteiger partial charge on any atom is -0.494 e. The van der Waals surface area contributed by atoms with E-state index in [9.17, 15) is 4.79 Å². The van der Waals surface area contributed by atoms with Gasteiger partial charge in [0.05, 0.1) is 18.2 Å². The molecule has 4 rings (SSSR count). The molecular weight excluding hydrogens is 412 g/mol. The van der Waals surface area contributed by atoms with E-state index in [2.05, 4.69) is 46.4 Å². The van der Waals surface area contributed by atoms with E-state index >= 15 is 0 Å². The Bertz CT molecular complexity index is 1050. The van der Waals surface area contributed by atoms with E-state index < -0.39 is 0 Å². The topological polar surface area (TPSA) is 67.3 Å². The molecule has 1 aliphatic heterocycles. The van der Waals surface area contributed by atoms with Gasteiger partial charge in [-0.1, -0.05) is 42.8 Å². The number of piperidine rings is 1. The summed E-state index contributed by atoms with van der Waals surface area (Å²) in [6.07, 6.45) is 2.84. The van der Waals surface area contributed by atoms with Crippen molar-refractivity contribution in [3.63, 3.8) is 0 Å². The van der Waals surface area contributed by atoms with E-state index in [4.69, 9.17) is 4.74 Å². The lowest BCUT2D eigenvalue weighted by Gasteiger charge is -2.32. The number of nitrogens with one attached hydrogen (secondary N) is 1. The molecule has 172 valence electrons. The highest BCUT2D eigenvalue weighted by molar-refractivity contribution is 5.79. The molecule has 1 aromatic heterocycles. The van der Waals surface area contributed by atoms with Gasteiger partial charge in [-0.15, -0.1) is 10.2 Å². The van der Waals surface area contributed by atoms with Crippen LogP contribution in [0.2, 0.25) is 0 Å². The predicted molar refractivity (Wildman–Crippen MR) is 131 cm³/mol. The van der Waals surface area contributed by atoms with E-state index in [-0.39, 0.29) is 11.8 Å². The van der Waals surface area contributed by atoms with Crippen LogP contribution in [-0.2, 0) is 11.3 Å². The minimum absolute atomic E-state index is 0.0517. The molecule has 1 amide bonds. The molecule has 2 aromatic carbocycles. The number of amides is 1. The average Bonchev–Trinajstić information content (AvgIpc) is 2.87. The molecule has 33 heavy (non-hydrogen) atoms. The maximum Gasteiger partial charge on any atom is 0.225 e. The number of hydrogen-bond acceptors (Lipinski definition) is 5. The van der Waals surface area contributed by atoms with Crippen LogP contribution in [0.1, 0.15) is 37.3 Å². The Kier molecular flexibility index (Phi) is 7.55. The fourth-order valence-corrected chi connectivity index (χ4v) is 4.11. The van der Waals surface area contributed by atoms with Crippen LogP contribution in [0.3, 0.4) is 0 Å². The zero-order valence-corrected chi connectivity index (χ0v) is 19.5. The van der Waals surface area contributed by atoms with Gasteiger partial charge < -0.3 is 15.0 Å². The highest BCUT2D eigenvalue weighted by Gasteiger charge is 2.26. The number of aromatic nitrogens is 2. The Hall–Kier alpha value is -3.41. The molecule has 0 radical (unpaired) electrons. The van der Waals surface area contributed by atoms with Crippen molar-refractivity contribution in [2.45, 2.75) is 39.7 Å². The molecule has 1 fully saturated rings. The third-order valence-electron chi connectivity index (χ3n) is 5.94. The first-order chi connectivity index (χ1) is 16.1. The first-order valence-corrected chi connectivity index (χ1v) is 11.8. The van der Waals surface area contributed by atoms with Crippen molar-refractivity contribution >= 4 is 11.7 Å². The summed E-state index contributed by atoms with van der Waals surface area (Å²) in [5.74, 6) is 1.73. The minimum atomic E-state index is -0.0517. The van der Waals surface area contributed by atoms with Crippen LogP contribution < -0.4 is 15.0 Å². The van der Waals surface area contributed by atoms with Crippen LogP contribution in [0.15, 0.2) is 60.7 Å². The van der Waals surface area contributed by atoms with E-state index in [1.54, 1.807) is 0 Å². The Morgan fingerprint density at radius 1 is 1.12 bits per heavy atom. The number of benzene rings is 2. The predicted octanol–water partition coefficient (Wildman–Crippen LogP) is 4.77. The smallest absolute Gasteiger partial charge is 0.225 e. The summed E-state index contributed by atoms with van der Waals surface area (Å²) in [5.41, 5.74) is 4.19. The van der Waals surface area contributed by atoms with Crippen molar-refractivity contribution < 1.29 is 9.53 Å². The lowest BCUT2D eigenvalue weighted by Crippen LogP contribution is -2.43. The fourth-order valence-electron chi connectivity index (χ4n) is 4.11. The van der Waals surface area contributed by atoms with E-state index in [0.717, 1.165) is 54.2 Å². The van der Waals surface area contributed by atoms with Gasteiger partial charge in [0.15, 0.2) is 5.82 Å².